The van der Waals surface area contributed by atoms with E-state index >= 15 is 0 Å². The summed E-state index contributed by atoms with van der Waals surface area (Å²) in [5.41, 5.74) is 5.46. The summed E-state index contributed by atoms with van der Waals surface area (Å²) in [5.74, 6) is 5.64. The molecule has 6 heteroatoms. The lowest BCUT2D eigenvalue weighted by Crippen LogP contribution is -2.29. The van der Waals surface area contributed by atoms with Gasteiger partial charge in [0.15, 0.2) is 9.84 Å². The van der Waals surface area contributed by atoms with Gasteiger partial charge in [-0.1, -0.05) is 12.1 Å². The monoisotopic (exact) mass is 291 g/mol. The van der Waals surface area contributed by atoms with E-state index in [2.05, 4.69) is 10.4 Å². The number of nitrogens with zero attached hydrogens (tertiary/aromatic N) is 1. The minimum absolute atomic E-state index is 0.275. The minimum atomic E-state index is -3.24. The van der Waals surface area contributed by atoms with Crippen molar-refractivity contribution >= 4 is 9.84 Å². The molecule has 0 aliphatic carbocycles. The number of pyridine rings is 1. The van der Waals surface area contributed by atoms with Crippen LogP contribution in [-0.4, -0.2) is 19.7 Å². The summed E-state index contributed by atoms with van der Waals surface area (Å²) in [6, 6.07) is 8.34. The van der Waals surface area contributed by atoms with Gasteiger partial charge in [0.2, 0.25) is 0 Å². The van der Waals surface area contributed by atoms with Crippen LogP contribution in [0.5, 0.6) is 0 Å². The summed E-state index contributed by atoms with van der Waals surface area (Å²) in [6.07, 6.45) is 4.62. The number of hydrogen-bond acceptors (Lipinski definition) is 5. The van der Waals surface area contributed by atoms with E-state index in [4.69, 9.17) is 5.84 Å². The van der Waals surface area contributed by atoms with Crippen molar-refractivity contribution in [3.63, 3.8) is 0 Å². The number of aryl methyl sites for hydroxylation is 1. The second-order valence-electron chi connectivity index (χ2n) is 4.68. The molecule has 5 nitrogen and oxygen atoms in total. The average Bonchev–Trinajstić information content (AvgIpc) is 2.41. The van der Waals surface area contributed by atoms with Gasteiger partial charge in [-0.2, -0.15) is 0 Å². The number of aromatic nitrogens is 1. The first-order valence-electron chi connectivity index (χ1n) is 6.10. The number of nitrogens with one attached hydrogen (secondary N) is 1. The van der Waals surface area contributed by atoms with Crippen molar-refractivity contribution in [1.29, 1.82) is 0 Å². The molecule has 0 aliphatic rings. The van der Waals surface area contributed by atoms with Crippen LogP contribution < -0.4 is 11.3 Å². The third-order valence-electron chi connectivity index (χ3n) is 3.18. The zero-order valence-corrected chi connectivity index (χ0v) is 12.2. The number of hydrogen-bond donors (Lipinski definition) is 2. The fraction of sp³-hybridized carbons (Fsp3) is 0.214. The van der Waals surface area contributed by atoms with Crippen molar-refractivity contribution in [2.24, 2.45) is 5.84 Å². The number of benzene rings is 1. The molecule has 1 aromatic heterocycles. The Morgan fingerprint density at radius 1 is 1.30 bits per heavy atom. The Hall–Kier alpha value is -1.76. The third kappa shape index (κ3) is 3.04. The highest BCUT2D eigenvalue weighted by molar-refractivity contribution is 7.90. The Labute approximate surface area is 118 Å². The lowest BCUT2D eigenvalue weighted by Gasteiger charge is -2.19. The van der Waals surface area contributed by atoms with Gasteiger partial charge in [0, 0.05) is 18.6 Å². The Bertz CT molecular complexity index is 714. The number of rotatable bonds is 4. The topological polar surface area (TPSA) is 85.1 Å². The van der Waals surface area contributed by atoms with Gasteiger partial charge in [-0.15, -0.1) is 0 Å². The molecule has 1 heterocycles. The first kappa shape index (κ1) is 14.6. The predicted octanol–water partition coefficient (Wildman–Crippen LogP) is 1.35. The summed E-state index contributed by atoms with van der Waals surface area (Å²) in [4.78, 5) is 4.37. The zero-order chi connectivity index (χ0) is 14.8. The Kier molecular flexibility index (Phi) is 4.17. The maximum absolute atomic E-state index is 11.6. The second-order valence-corrected chi connectivity index (χ2v) is 6.69. The van der Waals surface area contributed by atoms with E-state index in [-0.39, 0.29) is 10.9 Å². The quantitative estimate of drug-likeness (QED) is 0.656. The molecule has 0 fully saturated rings. The zero-order valence-electron chi connectivity index (χ0n) is 11.4. The van der Waals surface area contributed by atoms with Crippen molar-refractivity contribution < 1.29 is 8.42 Å². The van der Waals surface area contributed by atoms with Crippen LogP contribution in [0.4, 0.5) is 0 Å². The van der Waals surface area contributed by atoms with Crippen molar-refractivity contribution in [3.05, 3.63) is 59.4 Å². The van der Waals surface area contributed by atoms with Crippen LogP contribution in [-0.2, 0) is 9.84 Å². The van der Waals surface area contributed by atoms with Gasteiger partial charge in [0.25, 0.3) is 0 Å². The first-order valence-corrected chi connectivity index (χ1v) is 7.99. The van der Waals surface area contributed by atoms with E-state index < -0.39 is 9.84 Å². The highest BCUT2D eigenvalue weighted by Gasteiger charge is 2.17. The van der Waals surface area contributed by atoms with Gasteiger partial charge in [0.1, 0.15) is 0 Å². The molecule has 20 heavy (non-hydrogen) atoms. The molecule has 0 saturated carbocycles. The molecule has 0 aliphatic heterocycles. The SMILES string of the molecule is Cc1ccncc1C(NN)c1cccc(S(C)(=O)=O)c1. The lowest BCUT2D eigenvalue weighted by molar-refractivity contribution is 0.600. The van der Waals surface area contributed by atoms with E-state index in [0.717, 1.165) is 16.7 Å². The minimum Gasteiger partial charge on any atom is -0.271 e. The fourth-order valence-electron chi connectivity index (χ4n) is 2.07. The van der Waals surface area contributed by atoms with E-state index in [0.29, 0.717) is 0 Å². The molecule has 1 aromatic carbocycles. The van der Waals surface area contributed by atoms with Crippen LogP contribution in [0.1, 0.15) is 22.7 Å². The highest BCUT2D eigenvalue weighted by atomic mass is 32.2. The third-order valence-corrected chi connectivity index (χ3v) is 4.29. The summed E-state index contributed by atoms with van der Waals surface area (Å²) in [6.45, 7) is 1.96. The largest absolute Gasteiger partial charge is 0.271 e. The van der Waals surface area contributed by atoms with Crippen molar-refractivity contribution in [3.8, 4) is 0 Å². The number of sulfone groups is 1. The standard InChI is InChI=1S/C14H17N3O2S/c1-10-6-7-16-9-13(10)14(17-15)11-4-3-5-12(8-11)20(2,18)19/h3-9,14,17H,15H2,1-2H3. The van der Waals surface area contributed by atoms with Crippen LogP contribution in [0, 0.1) is 6.92 Å². The maximum atomic E-state index is 11.6. The summed E-state index contributed by atoms with van der Waals surface area (Å²) >= 11 is 0. The van der Waals surface area contributed by atoms with Gasteiger partial charge in [0.05, 0.1) is 10.9 Å². The molecule has 0 bridgehead atoms. The van der Waals surface area contributed by atoms with Crippen LogP contribution >= 0.6 is 0 Å². The molecular weight excluding hydrogens is 274 g/mol. The molecule has 0 spiro atoms. The van der Waals surface area contributed by atoms with Crippen molar-refractivity contribution in [1.82, 2.24) is 10.4 Å². The summed E-state index contributed by atoms with van der Waals surface area (Å²) in [7, 11) is -3.24. The molecule has 0 saturated heterocycles. The molecule has 1 atom stereocenters. The first-order chi connectivity index (χ1) is 9.43. The van der Waals surface area contributed by atoms with Crippen LogP contribution in [0.15, 0.2) is 47.6 Å². The Morgan fingerprint density at radius 2 is 2.05 bits per heavy atom. The molecule has 3 N–H and O–H groups in total. The number of hydrazine groups is 1. The normalized spacial score (nSPS) is 13.2. The fourth-order valence-corrected chi connectivity index (χ4v) is 2.74. The van der Waals surface area contributed by atoms with E-state index in [9.17, 15) is 8.42 Å². The smallest absolute Gasteiger partial charge is 0.175 e. The van der Waals surface area contributed by atoms with Crippen LogP contribution in [0.25, 0.3) is 0 Å². The molecule has 106 valence electrons. The molecule has 0 radical (unpaired) electrons. The molecular formula is C14H17N3O2S. The Morgan fingerprint density at radius 3 is 2.65 bits per heavy atom. The van der Waals surface area contributed by atoms with E-state index in [1.165, 1.54) is 6.26 Å². The van der Waals surface area contributed by atoms with E-state index in [1.54, 1.807) is 30.6 Å². The average molecular weight is 291 g/mol. The van der Waals surface area contributed by atoms with Gasteiger partial charge >= 0.3 is 0 Å². The van der Waals surface area contributed by atoms with Crippen LogP contribution in [0.3, 0.4) is 0 Å². The van der Waals surface area contributed by atoms with Gasteiger partial charge in [-0.3, -0.25) is 10.8 Å². The molecule has 2 aromatic rings. The summed E-state index contributed by atoms with van der Waals surface area (Å²) < 4.78 is 23.3. The maximum Gasteiger partial charge on any atom is 0.175 e. The molecule has 2 rings (SSSR count). The van der Waals surface area contributed by atoms with Gasteiger partial charge in [-0.25, -0.2) is 13.8 Å². The summed E-state index contributed by atoms with van der Waals surface area (Å²) in [5, 5.41) is 0. The number of nitrogens with two attached hydrogens (primary N) is 1. The van der Waals surface area contributed by atoms with Crippen molar-refractivity contribution in [2.75, 3.05) is 6.26 Å². The van der Waals surface area contributed by atoms with E-state index in [1.807, 2.05) is 19.1 Å². The molecule has 1 unspecified atom stereocenters. The Balaban J connectivity index is 2.51. The van der Waals surface area contributed by atoms with Crippen LogP contribution in [0.2, 0.25) is 0 Å². The predicted molar refractivity (Wildman–Crippen MR) is 77.7 cm³/mol. The lowest BCUT2D eigenvalue weighted by atomic mass is 9.97. The van der Waals surface area contributed by atoms with Gasteiger partial charge in [-0.05, 0) is 41.8 Å². The van der Waals surface area contributed by atoms with Crippen molar-refractivity contribution in [2.45, 2.75) is 17.9 Å². The highest BCUT2D eigenvalue weighted by Crippen LogP contribution is 2.25. The van der Waals surface area contributed by atoms with Gasteiger partial charge < -0.3 is 0 Å². The molecule has 0 amide bonds. The second kappa shape index (κ2) is 5.70.